The van der Waals surface area contributed by atoms with Crippen molar-refractivity contribution in [3.05, 3.63) is 23.8 Å². The van der Waals surface area contributed by atoms with E-state index < -0.39 is 11.9 Å². The second-order valence-corrected chi connectivity index (χ2v) is 5.46. The van der Waals surface area contributed by atoms with Crippen LogP contribution in [0.3, 0.4) is 0 Å². The van der Waals surface area contributed by atoms with E-state index in [1.54, 1.807) is 18.1 Å². The van der Waals surface area contributed by atoms with Crippen LogP contribution in [-0.2, 0) is 9.59 Å². The summed E-state index contributed by atoms with van der Waals surface area (Å²) >= 11 is 0. The fourth-order valence-electron chi connectivity index (χ4n) is 2.53. The summed E-state index contributed by atoms with van der Waals surface area (Å²) in [5, 5.41) is 9.05. The molecule has 1 heterocycles. The van der Waals surface area contributed by atoms with Crippen LogP contribution in [0.2, 0.25) is 0 Å². The number of likely N-dealkylation sites (tertiary alicyclic amines) is 1. The molecule has 1 amide bonds. The van der Waals surface area contributed by atoms with E-state index in [0.717, 1.165) is 5.56 Å². The molecule has 0 saturated carbocycles. The maximum absolute atomic E-state index is 12.2. The second-order valence-electron chi connectivity index (χ2n) is 5.46. The van der Waals surface area contributed by atoms with E-state index in [-0.39, 0.29) is 19.1 Å². The topological polar surface area (TPSA) is 76.1 Å². The number of carbonyl (C=O) groups is 2. The van der Waals surface area contributed by atoms with Crippen LogP contribution in [0.4, 0.5) is 0 Å². The fraction of sp³-hybridized carbons (Fsp3) is 0.500. The lowest BCUT2D eigenvalue weighted by molar-refractivity contribution is -0.146. The molecule has 1 aliphatic heterocycles. The minimum Gasteiger partial charge on any atom is -0.493 e. The molecule has 1 atom stereocenters. The predicted molar refractivity (Wildman–Crippen MR) is 80.2 cm³/mol. The summed E-state index contributed by atoms with van der Waals surface area (Å²) < 4.78 is 10.8. The van der Waals surface area contributed by atoms with E-state index in [1.165, 1.54) is 0 Å². The number of aliphatic carboxylic acids is 1. The van der Waals surface area contributed by atoms with E-state index in [9.17, 15) is 9.59 Å². The first-order valence-electron chi connectivity index (χ1n) is 7.29. The first-order chi connectivity index (χ1) is 10.5. The van der Waals surface area contributed by atoms with Crippen LogP contribution in [-0.4, -0.2) is 48.7 Å². The van der Waals surface area contributed by atoms with Crippen molar-refractivity contribution in [1.29, 1.82) is 0 Å². The molecule has 6 heteroatoms. The van der Waals surface area contributed by atoms with Gasteiger partial charge in [0.2, 0.25) is 0 Å². The number of amides is 1. The standard InChI is InChI=1S/C16H21NO5/c1-11-5-6-13(14(8-11)21-2)22-10-15(18)17-7-3-4-12(9-17)16(19)20/h5-6,8,12H,3-4,7,9-10H2,1-2H3,(H,19,20)/t12-/m0/s1. The number of rotatable bonds is 5. The van der Waals surface area contributed by atoms with Gasteiger partial charge in [0.1, 0.15) is 0 Å². The summed E-state index contributed by atoms with van der Waals surface area (Å²) in [7, 11) is 1.55. The molecule has 1 aliphatic rings. The van der Waals surface area contributed by atoms with Crippen molar-refractivity contribution in [2.24, 2.45) is 5.92 Å². The molecule has 0 aromatic heterocycles. The number of carboxylic acid groups (broad SMARTS) is 1. The molecule has 1 saturated heterocycles. The van der Waals surface area contributed by atoms with Crippen LogP contribution < -0.4 is 9.47 Å². The summed E-state index contributed by atoms with van der Waals surface area (Å²) in [5.74, 6) is -0.443. The van der Waals surface area contributed by atoms with Crippen molar-refractivity contribution in [3.8, 4) is 11.5 Å². The average Bonchev–Trinajstić information content (AvgIpc) is 2.53. The van der Waals surface area contributed by atoms with Gasteiger partial charge in [-0.05, 0) is 37.5 Å². The minimum atomic E-state index is -0.848. The number of carboxylic acids is 1. The number of aryl methyl sites for hydroxylation is 1. The van der Waals surface area contributed by atoms with Crippen molar-refractivity contribution in [2.75, 3.05) is 26.8 Å². The molecule has 1 aromatic carbocycles. The largest absolute Gasteiger partial charge is 0.493 e. The highest BCUT2D eigenvalue weighted by Crippen LogP contribution is 2.27. The molecule has 120 valence electrons. The highest BCUT2D eigenvalue weighted by molar-refractivity contribution is 5.79. The predicted octanol–water partition coefficient (Wildman–Crippen LogP) is 1.71. The molecular weight excluding hydrogens is 286 g/mol. The molecule has 0 bridgehead atoms. The maximum Gasteiger partial charge on any atom is 0.308 e. The van der Waals surface area contributed by atoms with Crippen molar-refractivity contribution in [2.45, 2.75) is 19.8 Å². The van der Waals surface area contributed by atoms with Crippen LogP contribution >= 0.6 is 0 Å². The lowest BCUT2D eigenvalue weighted by Crippen LogP contribution is -2.44. The van der Waals surface area contributed by atoms with Gasteiger partial charge in [-0.3, -0.25) is 9.59 Å². The van der Waals surface area contributed by atoms with E-state index in [1.807, 2.05) is 19.1 Å². The molecule has 1 fully saturated rings. The minimum absolute atomic E-state index is 0.119. The first kappa shape index (κ1) is 16.1. The van der Waals surface area contributed by atoms with Gasteiger partial charge in [-0.25, -0.2) is 0 Å². The van der Waals surface area contributed by atoms with Gasteiger partial charge in [0, 0.05) is 13.1 Å². The van der Waals surface area contributed by atoms with Crippen molar-refractivity contribution in [3.63, 3.8) is 0 Å². The van der Waals surface area contributed by atoms with E-state index in [0.29, 0.717) is 30.9 Å². The lowest BCUT2D eigenvalue weighted by Gasteiger charge is -2.30. The third-order valence-electron chi connectivity index (χ3n) is 3.79. The average molecular weight is 307 g/mol. The van der Waals surface area contributed by atoms with Gasteiger partial charge >= 0.3 is 5.97 Å². The normalized spacial score (nSPS) is 17.9. The Hall–Kier alpha value is -2.24. The van der Waals surface area contributed by atoms with Gasteiger partial charge in [0.25, 0.3) is 5.91 Å². The Balaban J connectivity index is 1.94. The van der Waals surface area contributed by atoms with Crippen LogP contribution in [0, 0.1) is 12.8 Å². The van der Waals surface area contributed by atoms with Crippen LogP contribution in [0.5, 0.6) is 11.5 Å². The Bertz CT molecular complexity index is 557. The van der Waals surface area contributed by atoms with Gasteiger partial charge in [-0.15, -0.1) is 0 Å². The number of hydrogen-bond donors (Lipinski definition) is 1. The Kier molecular flexibility index (Phi) is 5.25. The van der Waals surface area contributed by atoms with E-state index in [4.69, 9.17) is 14.6 Å². The first-order valence-corrected chi connectivity index (χ1v) is 7.29. The molecule has 0 spiro atoms. The summed E-state index contributed by atoms with van der Waals surface area (Å²) in [6, 6.07) is 5.47. The quantitative estimate of drug-likeness (QED) is 0.896. The summed E-state index contributed by atoms with van der Waals surface area (Å²) in [5.41, 5.74) is 1.04. The number of carbonyl (C=O) groups excluding carboxylic acids is 1. The van der Waals surface area contributed by atoms with Gasteiger partial charge in [0.05, 0.1) is 13.0 Å². The number of methoxy groups -OCH3 is 1. The van der Waals surface area contributed by atoms with Crippen molar-refractivity contribution >= 4 is 11.9 Å². The fourth-order valence-corrected chi connectivity index (χ4v) is 2.53. The van der Waals surface area contributed by atoms with Gasteiger partial charge in [-0.1, -0.05) is 6.07 Å². The van der Waals surface area contributed by atoms with Gasteiger partial charge in [0.15, 0.2) is 18.1 Å². The van der Waals surface area contributed by atoms with Crippen molar-refractivity contribution in [1.82, 2.24) is 4.90 Å². The Morgan fingerprint density at radius 2 is 2.14 bits per heavy atom. The lowest BCUT2D eigenvalue weighted by atomic mass is 9.98. The Morgan fingerprint density at radius 3 is 2.82 bits per heavy atom. The van der Waals surface area contributed by atoms with E-state index in [2.05, 4.69) is 0 Å². The summed E-state index contributed by atoms with van der Waals surface area (Å²) in [4.78, 5) is 24.8. The number of nitrogens with zero attached hydrogens (tertiary/aromatic N) is 1. The Morgan fingerprint density at radius 1 is 1.36 bits per heavy atom. The van der Waals surface area contributed by atoms with Crippen LogP contribution in [0.25, 0.3) is 0 Å². The highest BCUT2D eigenvalue weighted by atomic mass is 16.5. The third-order valence-corrected chi connectivity index (χ3v) is 3.79. The van der Waals surface area contributed by atoms with Crippen LogP contribution in [0.15, 0.2) is 18.2 Å². The zero-order valence-electron chi connectivity index (χ0n) is 12.9. The monoisotopic (exact) mass is 307 g/mol. The maximum atomic E-state index is 12.2. The molecule has 22 heavy (non-hydrogen) atoms. The molecule has 0 unspecified atom stereocenters. The molecule has 2 rings (SSSR count). The van der Waals surface area contributed by atoms with Gasteiger partial charge < -0.3 is 19.5 Å². The number of ether oxygens (including phenoxy) is 2. The number of benzene rings is 1. The molecule has 1 N–H and O–H groups in total. The molecule has 1 aromatic rings. The Labute approximate surface area is 129 Å². The zero-order valence-corrected chi connectivity index (χ0v) is 12.9. The molecule has 0 radical (unpaired) electrons. The highest BCUT2D eigenvalue weighted by Gasteiger charge is 2.28. The van der Waals surface area contributed by atoms with E-state index >= 15 is 0 Å². The second kappa shape index (κ2) is 7.15. The smallest absolute Gasteiger partial charge is 0.308 e. The van der Waals surface area contributed by atoms with Gasteiger partial charge in [-0.2, -0.15) is 0 Å². The number of piperidine rings is 1. The molecule has 0 aliphatic carbocycles. The molecule has 6 nitrogen and oxygen atoms in total. The SMILES string of the molecule is COc1cc(C)ccc1OCC(=O)N1CCC[C@H](C(=O)O)C1. The number of hydrogen-bond acceptors (Lipinski definition) is 4. The van der Waals surface area contributed by atoms with Crippen LogP contribution in [0.1, 0.15) is 18.4 Å². The van der Waals surface area contributed by atoms with Crippen molar-refractivity contribution < 1.29 is 24.2 Å². The summed E-state index contributed by atoms with van der Waals surface area (Å²) in [6.07, 6.45) is 1.32. The third kappa shape index (κ3) is 3.90. The summed E-state index contributed by atoms with van der Waals surface area (Å²) in [6.45, 7) is 2.66. The zero-order chi connectivity index (χ0) is 16.1. The molecular formula is C16H21NO5.